The van der Waals surface area contributed by atoms with Gasteiger partial charge in [0.25, 0.3) is 0 Å². The summed E-state index contributed by atoms with van der Waals surface area (Å²) < 4.78 is 0. The van der Waals surface area contributed by atoms with Gasteiger partial charge in [-0.1, -0.05) is 12.8 Å². The first-order chi connectivity index (χ1) is 15.7. The molecule has 0 aromatic rings. The molecule has 0 radical (unpaired) electrons. The molecule has 1 aliphatic carbocycles. The highest BCUT2D eigenvalue weighted by Crippen LogP contribution is 2.40. The molecule has 2 heterocycles. The molecule has 0 bridgehead atoms. The summed E-state index contributed by atoms with van der Waals surface area (Å²) in [4.78, 5) is 47.8. The molecule has 186 valence electrons. The van der Waals surface area contributed by atoms with Crippen LogP contribution in [0.15, 0.2) is 4.99 Å². The van der Waals surface area contributed by atoms with E-state index in [0.29, 0.717) is 64.4 Å². The average molecular weight is 465 g/mol. The van der Waals surface area contributed by atoms with Gasteiger partial charge in [-0.2, -0.15) is 0 Å². The highest BCUT2D eigenvalue weighted by Gasteiger charge is 2.49. The van der Waals surface area contributed by atoms with E-state index in [4.69, 9.17) is 22.9 Å². The number of aliphatic imine (C=N–C) groups is 1. The van der Waals surface area contributed by atoms with Crippen molar-refractivity contribution in [1.82, 2.24) is 14.7 Å². The van der Waals surface area contributed by atoms with Crippen LogP contribution < -0.4 is 22.9 Å². The zero-order valence-electron chi connectivity index (χ0n) is 19.6. The Hall–Kier alpha value is -2.40. The first-order valence-corrected chi connectivity index (χ1v) is 12.2. The summed E-state index contributed by atoms with van der Waals surface area (Å²) in [5, 5.41) is 0. The Bertz CT molecular complexity index is 732. The van der Waals surface area contributed by atoms with E-state index < -0.39 is 17.4 Å². The number of hydrogen-bond acceptors (Lipinski definition) is 6. The molecule has 0 spiro atoms. The maximum Gasteiger partial charge on any atom is 0.239 e. The SMILES string of the molecule is NC(=O)C1(C(=O)N2CCC(N3CCN(C(=O)C(N)CCCN=C(N)N)CC3)CC2)CCCC1. The number of likely N-dealkylation sites (tertiary alicyclic amines) is 1. The van der Waals surface area contributed by atoms with Crippen LogP contribution in [0.5, 0.6) is 0 Å². The van der Waals surface area contributed by atoms with Gasteiger partial charge in [0.1, 0.15) is 5.41 Å². The van der Waals surface area contributed by atoms with Crippen molar-refractivity contribution in [3.63, 3.8) is 0 Å². The third-order valence-corrected chi connectivity index (χ3v) is 7.52. The van der Waals surface area contributed by atoms with Gasteiger partial charge in [0.05, 0.1) is 6.04 Å². The average Bonchev–Trinajstić information content (AvgIpc) is 3.32. The number of hydrogen-bond donors (Lipinski definition) is 4. The second-order valence-electron chi connectivity index (χ2n) is 9.59. The van der Waals surface area contributed by atoms with Crippen molar-refractivity contribution in [2.45, 2.75) is 63.5 Å². The number of primary amides is 1. The van der Waals surface area contributed by atoms with Crippen molar-refractivity contribution in [2.75, 3.05) is 45.8 Å². The van der Waals surface area contributed by atoms with E-state index in [-0.39, 0.29) is 17.8 Å². The van der Waals surface area contributed by atoms with Crippen LogP contribution in [0.25, 0.3) is 0 Å². The number of carbonyl (C=O) groups is 3. The van der Waals surface area contributed by atoms with Gasteiger partial charge in [-0.25, -0.2) is 0 Å². The van der Waals surface area contributed by atoms with Crippen molar-refractivity contribution >= 4 is 23.7 Å². The molecule has 1 saturated carbocycles. The highest BCUT2D eigenvalue weighted by atomic mass is 16.2. The topological polar surface area (TPSA) is 177 Å². The van der Waals surface area contributed by atoms with Crippen LogP contribution in [-0.4, -0.2) is 96.3 Å². The zero-order valence-corrected chi connectivity index (χ0v) is 19.6. The molecular weight excluding hydrogens is 424 g/mol. The Balaban J connectivity index is 1.41. The second kappa shape index (κ2) is 11.1. The summed E-state index contributed by atoms with van der Waals surface area (Å²) in [6.45, 7) is 4.69. The molecule has 2 saturated heterocycles. The molecule has 11 nitrogen and oxygen atoms in total. The number of piperazine rings is 1. The van der Waals surface area contributed by atoms with Crippen LogP contribution >= 0.6 is 0 Å². The summed E-state index contributed by atoms with van der Waals surface area (Å²) in [7, 11) is 0. The van der Waals surface area contributed by atoms with Gasteiger partial charge in [-0.05, 0) is 38.5 Å². The number of nitrogens with zero attached hydrogens (tertiary/aromatic N) is 4. The van der Waals surface area contributed by atoms with Crippen molar-refractivity contribution in [3.8, 4) is 0 Å². The lowest BCUT2D eigenvalue weighted by Gasteiger charge is -2.44. The molecular formula is C22H40N8O3. The van der Waals surface area contributed by atoms with Crippen LogP contribution in [0.2, 0.25) is 0 Å². The van der Waals surface area contributed by atoms with E-state index in [1.807, 2.05) is 9.80 Å². The predicted octanol–water partition coefficient (Wildman–Crippen LogP) is -1.45. The zero-order chi connectivity index (χ0) is 24.0. The molecule has 0 aromatic heterocycles. The van der Waals surface area contributed by atoms with Crippen molar-refractivity contribution in [3.05, 3.63) is 0 Å². The normalized spacial score (nSPS) is 22.7. The number of nitrogens with two attached hydrogens (primary N) is 4. The lowest BCUT2D eigenvalue weighted by Crippen LogP contribution is -2.58. The largest absolute Gasteiger partial charge is 0.370 e. The van der Waals surface area contributed by atoms with Gasteiger partial charge in [-0.3, -0.25) is 24.3 Å². The molecule has 0 aromatic carbocycles. The van der Waals surface area contributed by atoms with Crippen LogP contribution in [0.1, 0.15) is 51.4 Å². The number of piperidine rings is 1. The van der Waals surface area contributed by atoms with Crippen LogP contribution in [0, 0.1) is 5.41 Å². The fourth-order valence-corrected chi connectivity index (χ4v) is 5.47. The van der Waals surface area contributed by atoms with E-state index in [9.17, 15) is 14.4 Å². The van der Waals surface area contributed by atoms with Gasteiger partial charge >= 0.3 is 0 Å². The Labute approximate surface area is 195 Å². The molecule has 33 heavy (non-hydrogen) atoms. The minimum atomic E-state index is -0.985. The molecule has 3 amide bonds. The molecule has 3 fully saturated rings. The van der Waals surface area contributed by atoms with E-state index >= 15 is 0 Å². The fraction of sp³-hybridized carbons (Fsp3) is 0.818. The molecule has 2 aliphatic heterocycles. The minimum absolute atomic E-state index is 0.0203. The van der Waals surface area contributed by atoms with Crippen molar-refractivity contribution in [1.29, 1.82) is 0 Å². The molecule has 8 N–H and O–H groups in total. The molecule has 3 aliphatic rings. The number of guanidine groups is 1. The van der Waals surface area contributed by atoms with E-state index in [0.717, 1.165) is 38.8 Å². The Morgan fingerprint density at radius 1 is 0.909 bits per heavy atom. The first-order valence-electron chi connectivity index (χ1n) is 12.2. The highest BCUT2D eigenvalue weighted by molar-refractivity contribution is 6.04. The number of amides is 3. The van der Waals surface area contributed by atoms with Crippen molar-refractivity contribution < 1.29 is 14.4 Å². The minimum Gasteiger partial charge on any atom is -0.370 e. The first kappa shape index (κ1) is 25.2. The van der Waals surface area contributed by atoms with Gasteiger partial charge in [-0.15, -0.1) is 0 Å². The van der Waals surface area contributed by atoms with E-state index in [2.05, 4.69) is 9.89 Å². The Kier molecular flexibility index (Phi) is 8.52. The maximum atomic E-state index is 13.1. The number of rotatable bonds is 8. The summed E-state index contributed by atoms with van der Waals surface area (Å²) in [6, 6.07) is -0.152. The van der Waals surface area contributed by atoms with Crippen LogP contribution in [0.4, 0.5) is 0 Å². The Morgan fingerprint density at radius 3 is 2.06 bits per heavy atom. The molecule has 1 unspecified atom stereocenters. The van der Waals surface area contributed by atoms with Crippen LogP contribution in [0.3, 0.4) is 0 Å². The fourth-order valence-electron chi connectivity index (χ4n) is 5.47. The quantitative estimate of drug-likeness (QED) is 0.147. The van der Waals surface area contributed by atoms with Gasteiger partial charge in [0.15, 0.2) is 5.96 Å². The number of carbonyl (C=O) groups excluding carboxylic acids is 3. The lowest BCUT2D eigenvalue weighted by molar-refractivity contribution is -0.150. The molecule has 11 heteroatoms. The maximum absolute atomic E-state index is 13.1. The smallest absolute Gasteiger partial charge is 0.239 e. The standard InChI is InChI=1S/C22H40N8O3/c23-17(4-3-9-27-21(25)26)18(31)29-14-12-28(13-15-29)16-5-10-30(11-6-16)20(33)22(19(24)32)7-1-2-8-22/h16-17H,1-15,23H2,(H2,24,32)(H4,25,26,27). The predicted molar refractivity (Wildman–Crippen MR) is 126 cm³/mol. The summed E-state index contributed by atoms with van der Waals surface area (Å²) >= 11 is 0. The molecule has 1 atom stereocenters. The summed E-state index contributed by atoms with van der Waals surface area (Å²) in [5.41, 5.74) is 21.4. The van der Waals surface area contributed by atoms with Gasteiger partial charge in [0.2, 0.25) is 17.7 Å². The third kappa shape index (κ3) is 5.94. The Morgan fingerprint density at radius 2 is 1.52 bits per heavy atom. The van der Waals surface area contributed by atoms with Gasteiger partial charge < -0.3 is 32.7 Å². The third-order valence-electron chi connectivity index (χ3n) is 7.52. The molecule has 3 rings (SSSR count). The van der Waals surface area contributed by atoms with Crippen LogP contribution in [-0.2, 0) is 14.4 Å². The second-order valence-corrected chi connectivity index (χ2v) is 9.59. The van der Waals surface area contributed by atoms with Gasteiger partial charge in [0, 0.05) is 51.9 Å². The monoisotopic (exact) mass is 464 g/mol. The summed E-state index contributed by atoms with van der Waals surface area (Å²) in [5.74, 6) is -0.516. The van der Waals surface area contributed by atoms with E-state index in [1.165, 1.54) is 0 Å². The van der Waals surface area contributed by atoms with E-state index in [1.54, 1.807) is 0 Å². The van der Waals surface area contributed by atoms with Crippen molar-refractivity contribution in [2.24, 2.45) is 33.3 Å². The summed E-state index contributed by atoms with van der Waals surface area (Å²) in [6.07, 6.45) is 5.88. The lowest BCUT2D eigenvalue weighted by atomic mass is 9.83.